The minimum atomic E-state index is -1.83. The Morgan fingerprint density at radius 3 is 2.21 bits per heavy atom. The highest BCUT2D eigenvalue weighted by molar-refractivity contribution is 4.88. The summed E-state index contributed by atoms with van der Waals surface area (Å²) >= 11 is 0. The van der Waals surface area contributed by atoms with Crippen molar-refractivity contribution in [2.75, 3.05) is 6.61 Å². The molecule has 82 valence electrons. The van der Waals surface area contributed by atoms with Gasteiger partial charge in [-0.3, -0.25) is 10.1 Å². The summed E-state index contributed by atoms with van der Waals surface area (Å²) in [5.41, 5.74) is 0. The zero-order valence-electron chi connectivity index (χ0n) is 7.05. The summed E-state index contributed by atoms with van der Waals surface area (Å²) < 4.78 is 4.58. The van der Waals surface area contributed by atoms with Crippen LogP contribution in [0.5, 0.6) is 0 Å². The van der Waals surface area contributed by atoms with Crippen LogP contribution in [0.15, 0.2) is 0 Å². The molecule has 0 spiro atoms. The summed E-state index contributed by atoms with van der Waals surface area (Å²) in [6.07, 6.45) is -8.13. The third-order valence-corrected chi connectivity index (χ3v) is 2.07. The van der Waals surface area contributed by atoms with Gasteiger partial charge in [-0.05, 0) is 0 Å². The molecule has 0 aliphatic carbocycles. The molecule has 0 aromatic heterocycles. The fraction of sp³-hybridized carbons (Fsp3) is 1.00. The summed E-state index contributed by atoms with van der Waals surface area (Å²) in [5, 5.41) is 46.5. The van der Waals surface area contributed by atoms with E-state index in [0.717, 1.165) is 0 Å². The van der Waals surface area contributed by atoms with Crippen molar-refractivity contribution >= 4 is 0 Å². The third-order valence-electron chi connectivity index (χ3n) is 2.07. The molecule has 1 saturated heterocycles. The molecule has 0 saturated carbocycles. The van der Waals surface area contributed by atoms with E-state index in [1.807, 2.05) is 0 Å². The highest BCUT2D eigenvalue weighted by Crippen LogP contribution is 2.21. The van der Waals surface area contributed by atoms with Crippen molar-refractivity contribution in [3.8, 4) is 0 Å². The molecular formula is C6H11NO7. The van der Waals surface area contributed by atoms with Crippen LogP contribution in [0.3, 0.4) is 0 Å². The minimum Gasteiger partial charge on any atom is -0.394 e. The smallest absolute Gasteiger partial charge is 0.344 e. The molecular weight excluding hydrogens is 198 g/mol. The predicted molar refractivity (Wildman–Crippen MR) is 40.8 cm³/mol. The number of hydrogen-bond donors (Lipinski definition) is 4. The zero-order chi connectivity index (χ0) is 10.9. The normalized spacial score (nSPS) is 43.6. The van der Waals surface area contributed by atoms with Gasteiger partial charge >= 0.3 is 6.23 Å². The molecule has 1 aliphatic rings. The van der Waals surface area contributed by atoms with Gasteiger partial charge in [-0.25, -0.2) is 0 Å². The number of aliphatic hydroxyl groups is 4. The quantitative estimate of drug-likeness (QED) is 0.282. The van der Waals surface area contributed by atoms with E-state index >= 15 is 0 Å². The second-order valence-corrected chi connectivity index (χ2v) is 3.00. The zero-order valence-corrected chi connectivity index (χ0v) is 7.05. The summed E-state index contributed by atoms with van der Waals surface area (Å²) in [6, 6.07) is 0. The Kier molecular flexibility index (Phi) is 3.34. The molecule has 1 aliphatic heterocycles. The minimum absolute atomic E-state index is 0.671. The fourth-order valence-electron chi connectivity index (χ4n) is 1.26. The van der Waals surface area contributed by atoms with E-state index in [1.165, 1.54) is 0 Å². The first-order valence-corrected chi connectivity index (χ1v) is 3.93. The highest BCUT2D eigenvalue weighted by Gasteiger charge is 2.49. The maximum Gasteiger partial charge on any atom is 0.344 e. The van der Waals surface area contributed by atoms with Crippen LogP contribution in [0.2, 0.25) is 0 Å². The van der Waals surface area contributed by atoms with Crippen LogP contribution < -0.4 is 0 Å². The topological polar surface area (TPSA) is 133 Å². The molecule has 0 aromatic carbocycles. The maximum atomic E-state index is 10.3. The van der Waals surface area contributed by atoms with Crippen molar-refractivity contribution in [2.24, 2.45) is 0 Å². The Morgan fingerprint density at radius 2 is 1.79 bits per heavy atom. The lowest BCUT2D eigenvalue weighted by molar-refractivity contribution is -0.604. The van der Waals surface area contributed by atoms with Gasteiger partial charge in [0.1, 0.15) is 18.3 Å². The third kappa shape index (κ3) is 1.83. The molecule has 5 atom stereocenters. The summed E-state index contributed by atoms with van der Waals surface area (Å²) in [5.74, 6) is 0. The lowest BCUT2D eigenvalue weighted by Crippen LogP contribution is -2.60. The van der Waals surface area contributed by atoms with Gasteiger partial charge in [0.2, 0.25) is 0 Å². The highest BCUT2D eigenvalue weighted by atomic mass is 16.7. The number of hydrogen-bond acceptors (Lipinski definition) is 7. The van der Waals surface area contributed by atoms with Crippen molar-refractivity contribution in [2.45, 2.75) is 30.6 Å². The summed E-state index contributed by atoms with van der Waals surface area (Å²) in [4.78, 5) is 9.40. The Balaban J connectivity index is 2.78. The van der Waals surface area contributed by atoms with E-state index in [0.29, 0.717) is 0 Å². The van der Waals surface area contributed by atoms with Gasteiger partial charge in [0, 0.05) is 0 Å². The van der Waals surface area contributed by atoms with Gasteiger partial charge in [0.05, 0.1) is 11.5 Å². The van der Waals surface area contributed by atoms with Crippen molar-refractivity contribution < 1.29 is 30.1 Å². The average Bonchev–Trinajstić information content (AvgIpc) is 2.14. The summed E-state index contributed by atoms with van der Waals surface area (Å²) in [6.45, 7) is -0.671. The molecule has 8 heteroatoms. The molecule has 8 nitrogen and oxygen atoms in total. The first-order chi connectivity index (χ1) is 6.49. The first kappa shape index (κ1) is 11.3. The number of rotatable bonds is 2. The second-order valence-electron chi connectivity index (χ2n) is 3.00. The molecule has 4 N–H and O–H groups in total. The molecule has 0 unspecified atom stereocenters. The Labute approximate surface area is 78.5 Å². The van der Waals surface area contributed by atoms with Gasteiger partial charge in [-0.15, -0.1) is 0 Å². The van der Waals surface area contributed by atoms with Crippen molar-refractivity contribution in [3.63, 3.8) is 0 Å². The molecule has 0 bridgehead atoms. The number of aliphatic hydroxyl groups excluding tert-OH is 4. The van der Waals surface area contributed by atoms with Gasteiger partial charge in [0.15, 0.2) is 6.10 Å². The van der Waals surface area contributed by atoms with Crippen LogP contribution in [0.25, 0.3) is 0 Å². The van der Waals surface area contributed by atoms with E-state index in [2.05, 4.69) is 4.74 Å². The first-order valence-electron chi connectivity index (χ1n) is 3.93. The standard InChI is InChI=1S/C6H11NO7/c8-1-2-3(9)4(10)5(11)6(14-2)7(12)13/h2-6,8-11H,1H2/t2-,3-,4+,5+,6-/m1/s1. The van der Waals surface area contributed by atoms with Gasteiger partial charge in [0.25, 0.3) is 0 Å². The fourth-order valence-corrected chi connectivity index (χ4v) is 1.26. The lowest BCUT2D eigenvalue weighted by Gasteiger charge is -2.35. The molecule has 1 heterocycles. The monoisotopic (exact) mass is 209 g/mol. The van der Waals surface area contributed by atoms with Crippen LogP contribution in [0, 0.1) is 10.1 Å². The summed E-state index contributed by atoms with van der Waals surface area (Å²) in [7, 11) is 0. The van der Waals surface area contributed by atoms with Crippen LogP contribution >= 0.6 is 0 Å². The maximum absolute atomic E-state index is 10.3. The molecule has 1 fully saturated rings. The van der Waals surface area contributed by atoms with Crippen LogP contribution in [-0.4, -0.2) is 62.6 Å². The number of nitro groups is 1. The molecule has 0 radical (unpaired) electrons. The van der Waals surface area contributed by atoms with E-state index < -0.39 is 42.2 Å². The van der Waals surface area contributed by atoms with Crippen molar-refractivity contribution in [1.82, 2.24) is 0 Å². The van der Waals surface area contributed by atoms with E-state index in [4.69, 9.17) is 10.2 Å². The van der Waals surface area contributed by atoms with Gasteiger partial charge < -0.3 is 25.2 Å². The largest absolute Gasteiger partial charge is 0.394 e. The van der Waals surface area contributed by atoms with Crippen LogP contribution in [0.4, 0.5) is 0 Å². The molecule has 0 aromatic rings. The number of nitrogens with zero attached hydrogens (tertiary/aromatic N) is 1. The van der Waals surface area contributed by atoms with Crippen LogP contribution in [0.1, 0.15) is 0 Å². The Hall–Kier alpha value is -0.800. The van der Waals surface area contributed by atoms with Crippen molar-refractivity contribution in [3.05, 3.63) is 10.1 Å². The van der Waals surface area contributed by atoms with Crippen LogP contribution in [-0.2, 0) is 4.74 Å². The lowest BCUT2D eigenvalue weighted by atomic mass is 9.99. The SMILES string of the molecule is O=[N+]([O-])[C@@H]1O[C@H](CO)[C@@H](O)[C@H](O)[C@@H]1O. The second kappa shape index (κ2) is 4.15. The van der Waals surface area contributed by atoms with E-state index in [1.54, 1.807) is 0 Å². The van der Waals surface area contributed by atoms with E-state index in [9.17, 15) is 20.3 Å². The Morgan fingerprint density at radius 1 is 1.21 bits per heavy atom. The van der Waals surface area contributed by atoms with Gasteiger partial charge in [-0.1, -0.05) is 0 Å². The van der Waals surface area contributed by atoms with E-state index in [-0.39, 0.29) is 0 Å². The van der Waals surface area contributed by atoms with Gasteiger partial charge in [-0.2, -0.15) is 0 Å². The number of ether oxygens (including phenoxy) is 1. The molecule has 0 amide bonds. The predicted octanol–water partition coefficient (Wildman–Crippen LogP) is -2.94. The Bertz CT molecular complexity index is 220. The average molecular weight is 209 g/mol. The van der Waals surface area contributed by atoms with Crippen molar-refractivity contribution in [1.29, 1.82) is 0 Å². The molecule has 14 heavy (non-hydrogen) atoms. The molecule has 1 rings (SSSR count).